The van der Waals surface area contributed by atoms with E-state index in [2.05, 4.69) is 173 Å². The van der Waals surface area contributed by atoms with E-state index in [0.717, 1.165) is 5.69 Å². The van der Waals surface area contributed by atoms with Gasteiger partial charge in [0.1, 0.15) is 0 Å². The van der Waals surface area contributed by atoms with E-state index < -0.39 is 0 Å². The lowest BCUT2D eigenvalue weighted by molar-refractivity contribution is 0.660. The van der Waals surface area contributed by atoms with Crippen LogP contribution in [0.25, 0.3) is 34.4 Å². The van der Waals surface area contributed by atoms with Crippen LogP contribution >= 0.6 is 0 Å². The summed E-state index contributed by atoms with van der Waals surface area (Å²) in [5.41, 5.74) is 15.0. The Morgan fingerprint density at radius 1 is 0.585 bits per heavy atom. The van der Waals surface area contributed by atoms with Crippen molar-refractivity contribution in [2.75, 3.05) is 4.90 Å². The van der Waals surface area contributed by atoms with Gasteiger partial charge in [0, 0.05) is 22.4 Å². The van der Waals surface area contributed by atoms with E-state index >= 15 is 0 Å². The number of fused-ring (bicyclic) bond motifs is 3. The molecule has 0 bridgehead atoms. The van der Waals surface area contributed by atoms with Gasteiger partial charge in [0.05, 0.1) is 5.69 Å². The number of anilines is 3. The molecule has 0 N–H and O–H groups in total. The van der Waals surface area contributed by atoms with Crippen LogP contribution < -0.4 is 4.90 Å². The number of benzene rings is 5. The van der Waals surface area contributed by atoms with Crippen LogP contribution in [0.3, 0.4) is 0 Å². The molecule has 5 aromatic carbocycles. The maximum Gasteiger partial charge on any atom is 0.0536 e. The number of hydrogen-bond donors (Lipinski definition) is 0. The van der Waals surface area contributed by atoms with Gasteiger partial charge < -0.3 is 4.90 Å². The Balaban J connectivity index is 1.60. The molecule has 0 unspecified atom stereocenters. The second-order valence-corrected chi connectivity index (χ2v) is 11.4. The third-order valence-corrected chi connectivity index (χ3v) is 8.49. The van der Waals surface area contributed by atoms with Crippen molar-refractivity contribution >= 4 is 29.2 Å². The molecule has 202 valence electrons. The predicted octanol–water partition coefficient (Wildman–Crippen LogP) is 11.5. The first-order valence-corrected chi connectivity index (χ1v) is 14.5. The smallest absolute Gasteiger partial charge is 0.0536 e. The number of allylic oxidation sites excluding steroid dienone is 2. The third-order valence-electron chi connectivity index (χ3n) is 8.49. The van der Waals surface area contributed by atoms with E-state index in [1.54, 1.807) is 0 Å². The number of rotatable bonds is 6. The second kappa shape index (κ2) is 10.7. The van der Waals surface area contributed by atoms with Gasteiger partial charge in [0.25, 0.3) is 0 Å². The third kappa shape index (κ3) is 4.62. The standard InChI is InChI=1S/C40H37N/c1-6-14-29-22-25-39(34(15-7-2)28(29)3)41(32-19-13-18-31(26-32)30-16-9-8-10-17-30)33-23-24-36-35-20-11-12-21-37(35)40(4,5)38(36)27-33/h6-27H,1-5H3. The Labute approximate surface area is 245 Å². The lowest BCUT2D eigenvalue weighted by Gasteiger charge is -2.30. The van der Waals surface area contributed by atoms with Gasteiger partial charge in [-0.1, -0.05) is 117 Å². The molecule has 0 amide bonds. The summed E-state index contributed by atoms with van der Waals surface area (Å²) in [5.74, 6) is 0. The molecule has 41 heavy (non-hydrogen) atoms. The molecule has 0 saturated carbocycles. The highest BCUT2D eigenvalue weighted by Gasteiger charge is 2.35. The molecule has 0 atom stereocenters. The van der Waals surface area contributed by atoms with Gasteiger partial charge in [-0.2, -0.15) is 0 Å². The minimum Gasteiger partial charge on any atom is -0.310 e. The van der Waals surface area contributed by atoms with Crippen LogP contribution in [0.15, 0.2) is 121 Å². The van der Waals surface area contributed by atoms with E-state index in [9.17, 15) is 0 Å². The molecule has 0 saturated heterocycles. The van der Waals surface area contributed by atoms with Crippen LogP contribution in [0.1, 0.15) is 55.5 Å². The summed E-state index contributed by atoms with van der Waals surface area (Å²) >= 11 is 0. The Morgan fingerprint density at radius 3 is 2.05 bits per heavy atom. The van der Waals surface area contributed by atoms with Gasteiger partial charge in [0.2, 0.25) is 0 Å². The minimum absolute atomic E-state index is 0.0721. The van der Waals surface area contributed by atoms with Crippen molar-refractivity contribution in [3.63, 3.8) is 0 Å². The maximum absolute atomic E-state index is 2.44. The van der Waals surface area contributed by atoms with Gasteiger partial charge in [-0.15, -0.1) is 0 Å². The highest BCUT2D eigenvalue weighted by atomic mass is 15.1. The molecule has 1 aliphatic carbocycles. The van der Waals surface area contributed by atoms with Crippen LogP contribution in [-0.4, -0.2) is 0 Å². The first-order valence-electron chi connectivity index (χ1n) is 14.5. The molecule has 0 aliphatic heterocycles. The fourth-order valence-electron chi connectivity index (χ4n) is 6.38. The zero-order valence-electron chi connectivity index (χ0n) is 24.6. The Morgan fingerprint density at radius 2 is 1.27 bits per heavy atom. The summed E-state index contributed by atoms with van der Waals surface area (Å²) in [7, 11) is 0. The quantitative estimate of drug-likeness (QED) is 0.211. The topological polar surface area (TPSA) is 3.24 Å². The molecule has 1 heteroatoms. The van der Waals surface area contributed by atoms with E-state index in [1.165, 1.54) is 61.4 Å². The summed E-state index contributed by atoms with van der Waals surface area (Å²) in [4.78, 5) is 2.44. The molecular formula is C40H37N. The molecule has 1 aliphatic rings. The molecule has 0 fully saturated rings. The fourth-order valence-corrected chi connectivity index (χ4v) is 6.38. The lowest BCUT2D eigenvalue weighted by Crippen LogP contribution is -2.17. The average molecular weight is 532 g/mol. The summed E-state index contributed by atoms with van der Waals surface area (Å²) in [6.07, 6.45) is 8.70. The van der Waals surface area contributed by atoms with Crippen LogP contribution in [0.5, 0.6) is 0 Å². The van der Waals surface area contributed by atoms with Crippen molar-refractivity contribution in [2.45, 2.75) is 40.0 Å². The molecule has 0 aromatic heterocycles. The molecule has 0 radical (unpaired) electrons. The summed E-state index contributed by atoms with van der Waals surface area (Å²) in [6.45, 7) is 11.1. The normalized spacial score (nSPS) is 13.5. The van der Waals surface area contributed by atoms with Crippen molar-refractivity contribution in [2.24, 2.45) is 0 Å². The molecule has 0 heterocycles. The van der Waals surface area contributed by atoms with E-state index in [0.29, 0.717) is 0 Å². The highest BCUT2D eigenvalue weighted by molar-refractivity contribution is 5.89. The van der Waals surface area contributed by atoms with Crippen LogP contribution in [-0.2, 0) is 5.41 Å². The summed E-state index contributed by atoms with van der Waals surface area (Å²) < 4.78 is 0. The fraction of sp³-hybridized carbons (Fsp3) is 0.150. The first-order chi connectivity index (χ1) is 19.9. The van der Waals surface area contributed by atoms with E-state index in [1.807, 2.05) is 0 Å². The molecule has 0 spiro atoms. The van der Waals surface area contributed by atoms with Gasteiger partial charge in [-0.3, -0.25) is 0 Å². The minimum atomic E-state index is -0.0721. The zero-order valence-corrected chi connectivity index (χ0v) is 24.6. The number of hydrogen-bond acceptors (Lipinski definition) is 1. The van der Waals surface area contributed by atoms with Crippen molar-refractivity contribution in [1.29, 1.82) is 0 Å². The largest absolute Gasteiger partial charge is 0.310 e. The molecule has 5 aromatic rings. The van der Waals surface area contributed by atoms with Gasteiger partial charge in [-0.25, -0.2) is 0 Å². The van der Waals surface area contributed by atoms with Crippen molar-refractivity contribution < 1.29 is 0 Å². The first kappa shape index (κ1) is 26.6. The van der Waals surface area contributed by atoms with Gasteiger partial charge in [-0.05, 0) is 95.6 Å². The SMILES string of the molecule is CC=Cc1ccc(N(c2cccc(-c3ccccc3)c2)c2ccc3c(c2)C(C)(C)c2ccccc2-3)c(C=CC)c1C. The van der Waals surface area contributed by atoms with Gasteiger partial charge >= 0.3 is 0 Å². The average Bonchev–Trinajstić information content (AvgIpc) is 3.23. The maximum atomic E-state index is 2.44. The summed E-state index contributed by atoms with van der Waals surface area (Å²) in [6, 6.07) is 40.0. The lowest BCUT2D eigenvalue weighted by atomic mass is 9.82. The van der Waals surface area contributed by atoms with E-state index in [4.69, 9.17) is 0 Å². The van der Waals surface area contributed by atoms with E-state index in [-0.39, 0.29) is 5.41 Å². The monoisotopic (exact) mass is 531 g/mol. The number of nitrogens with zero attached hydrogens (tertiary/aromatic N) is 1. The Hall–Kier alpha value is -4.62. The van der Waals surface area contributed by atoms with Crippen molar-refractivity contribution in [3.8, 4) is 22.3 Å². The molecular weight excluding hydrogens is 494 g/mol. The van der Waals surface area contributed by atoms with Crippen molar-refractivity contribution in [3.05, 3.63) is 149 Å². The van der Waals surface area contributed by atoms with Crippen LogP contribution in [0, 0.1) is 6.92 Å². The van der Waals surface area contributed by atoms with Crippen LogP contribution in [0.4, 0.5) is 17.1 Å². The van der Waals surface area contributed by atoms with Crippen LogP contribution in [0.2, 0.25) is 0 Å². The Bertz CT molecular complexity index is 1790. The van der Waals surface area contributed by atoms with Crippen molar-refractivity contribution in [1.82, 2.24) is 0 Å². The molecule has 6 rings (SSSR count). The molecule has 1 nitrogen and oxygen atoms in total. The Kier molecular flexibility index (Phi) is 6.97. The second-order valence-electron chi connectivity index (χ2n) is 11.4. The highest BCUT2D eigenvalue weighted by Crippen LogP contribution is 2.51. The summed E-state index contributed by atoms with van der Waals surface area (Å²) in [5, 5.41) is 0. The van der Waals surface area contributed by atoms with Gasteiger partial charge in [0.15, 0.2) is 0 Å². The zero-order chi connectivity index (χ0) is 28.6. The predicted molar refractivity (Wildman–Crippen MR) is 178 cm³/mol.